The van der Waals surface area contributed by atoms with Gasteiger partial charge in [0.25, 0.3) is 11.8 Å². The third-order valence-corrected chi connectivity index (χ3v) is 3.13. The first-order chi connectivity index (χ1) is 11.5. The van der Waals surface area contributed by atoms with E-state index in [-0.39, 0.29) is 24.0 Å². The van der Waals surface area contributed by atoms with Crippen LogP contribution in [0.3, 0.4) is 0 Å². The zero-order chi connectivity index (χ0) is 17.5. The SMILES string of the molecule is Cc1ccc(C(=O)NCC(=O)N/N=C\c2ccc(O)cc2O)cc1. The minimum Gasteiger partial charge on any atom is -0.508 e. The monoisotopic (exact) mass is 327 g/mol. The fourth-order valence-corrected chi connectivity index (χ4v) is 1.82. The third kappa shape index (κ3) is 4.84. The Kier molecular flexibility index (Phi) is 5.51. The molecular formula is C17H17N3O4. The number of carbonyl (C=O) groups excluding carboxylic acids is 2. The molecule has 4 N–H and O–H groups in total. The molecule has 24 heavy (non-hydrogen) atoms. The van der Waals surface area contributed by atoms with Gasteiger partial charge in [-0.15, -0.1) is 0 Å². The maximum Gasteiger partial charge on any atom is 0.259 e. The van der Waals surface area contributed by atoms with Crippen molar-refractivity contribution >= 4 is 18.0 Å². The van der Waals surface area contributed by atoms with E-state index in [4.69, 9.17) is 5.11 Å². The maximum atomic E-state index is 11.8. The minimum absolute atomic E-state index is 0.0764. The molecule has 2 aromatic carbocycles. The van der Waals surface area contributed by atoms with Crippen LogP contribution in [-0.2, 0) is 4.79 Å². The first-order valence-corrected chi connectivity index (χ1v) is 7.14. The summed E-state index contributed by atoms with van der Waals surface area (Å²) in [5.74, 6) is -1.11. The van der Waals surface area contributed by atoms with E-state index in [1.165, 1.54) is 18.3 Å². The van der Waals surface area contributed by atoms with Gasteiger partial charge in [0.05, 0.1) is 12.8 Å². The van der Waals surface area contributed by atoms with Crippen LogP contribution in [-0.4, -0.2) is 34.8 Å². The first-order valence-electron chi connectivity index (χ1n) is 7.14. The number of hydrogen-bond acceptors (Lipinski definition) is 5. The molecule has 0 atom stereocenters. The summed E-state index contributed by atoms with van der Waals surface area (Å²) in [5.41, 5.74) is 4.06. The van der Waals surface area contributed by atoms with Crippen molar-refractivity contribution in [1.29, 1.82) is 0 Å². The molecule has 2 rings (SSSR count). The standard InChI is InChI=1S/C17H17N3O4/c1-11-2-4-12(5-3-11)17(24)18-10-16(23)20-19-9-13-6-7-14(21)8-15(13)22/h2-9,21-22H,10H2,1H3,(H,18,24)(H,20,23)/b19-9-. The summed E-state index contributed by atoms with van der Waals surface area (Å²) in [6.07, 6.45) is 1.23. The largest absolute Gasteiger partial charge is 0.508 e. The number of aryl methyl sites for hydroxylation is 1. The molecular weight excluding hydrogens is 310 g/mol. The Morgan fingerprint density at radius 3 is 2.50 bits per heavy atom. The van der Waals surface area contributed by atoms with Gasteiger partial charge in [-0.25, -0.2) is 5.43 Å². The second-order valence-electron chi connectivity index (χ2n) is 5.09. The van der Waals surface area contributed by atoms with Crippen molar-refractivity contribution in [3.05, 3.63) is 59.2 Å². The Balaban J connectivity index is 1.81. The van der Waals surface area contributed by atoms with E-state index >= 15 is 0 Å². The van der Waals surface area contributed by atoms with Crippen LogP contribution >= 0.6 is 0 Å². The van der Waals surface area contributed by atoms with E-state index in [1.54, 1.807) is 12.1 Å². The average molecular weight is 327 g/mol. The van der Waals surface area contributed by atoms with E-state index in [2.05, 4.69) is 15.8 Å². The van der Waals surface area contributed by atoms with Crippen LogP contribution in [0.1, 0.15) is 21.5 Å². The van der Waals surface area contributed by atoms with Crippen LogP contribution in [0, 0.1) is 6.92 Å². The van der Waals surface area contributed by atoms with Gasteiger partial charge < -0.3 is 15.5 Å². The van der Waals surface area contributed by atoms with Gasteiger partial charge in [0.15, 0.2) is 0 Å². The number of phenols is 2. The molecule has 2 aromatic rings. The highest BCUT2D eigenvalue weighted by Crippen LogP contribution is 2.20. The summed E-state index contributed by atoms with van der Waals surface area (Å²) in [7, 11) is 0. The summed E-state index contributed by atoms with van der Waals surface area (Å²) in [5, 5.41) is 24.9. The number of hydrogen-bond donors (Lipinski definition) is 4. The molecule has 0 fully saturated rings. The van der Waals surface area contributed by atoms with E-state index in [0.717, 1.165) is 11.6 Å². The average Bonchev–Trinajstić information content (AvgIpc) is 2.55. The smallest absolute Gasteiger partial charge is 0.259 e. The Labute approximate surface area is 138 Å². The summed E-state index contributed by atoms with van der Waals surface area (Å²) in [6.45, 7) is 1.69. The lowest BCUT2D eigenvalue weighted by atomic mass is 10.1. The second-order valence-corrected chi connectivity index (χ2v) is 5.09. The topological polar surface area (TPSA) is 111 Å². The van der Waals surface area contributed by atoms with Crippen molar-refractivity contribution in [2.75, 3.05) is 6.54 Å². The molecule has 0 aliphatic heterocycles. The zero-order valence-corrected chi connectivity index (χ0v) is 13.0. The number of nitrogens with one attached hydrogen (secondary N) is 2. The number of phenolic OH excluding ortho intramolecular Hbond substituents is 2. The van der Waals surface area contributed by atoms with Gasteiger partial charge >= 0.3 is 0 Å². The molecule has 0 bridgehead atoms. The number of carbonyl (C=O) groups is 2. The van der Waals surface area contributed by atoms with Gasteiger partial charge in [-0.2, -0.15) is 5.10 Å². The molecule has 0 saturated carbocycles. The lowest BCUT2D eigenvalue weighted by Crippen LogP contribution is -2.34. The predicted octanol–water partition coefficient (Wildman–Crippen LogP) is 1.29. The van der Waals surface area contributed by atoms with Gasteiger partial charge in [0, 0.05) is 17.2 Å². The highest BCUT2D eigenvalue weighted by atomic mass is 16.3. The van der Waals surface area contributed by atoms with E-state index < -0.39 is 5.91 Å². The van der Waals surface area contributed by atoms with E-state index in [9.17, 15) is 14.7 Å². The molecule has 0 unspecified atom stereocenters. The second kappa shape index (κ2) is 7.77. The molecule has 7 heteroatoms. The van der Waals surface area contributed by atoms with Gasteiger partial charge in [-0.1, -0.05) is 17.7 Å². The number of hydrazone groups is 1. The molecule has 0 aliphatic rings. The van der Waals surface area contributed by atoms with Crippen molar-refractivity contribution in [3.8, 4) is 11.5 Å². The molecule has 0 spiro atoms. The van der Waals surface area contributed by atoms with Gasteiger partial charge in [-0.05, 0) is 31.2 Å². The molecule has 7 nitrogen and oxygen atoms in total. The fourth-order valence-electron chi connectivity index (χ4n) is 1.82. The Morgan fingerprint density at radius 2 is 1.83 bits per heavy atom. The van der Waals surface area contributed by atoms with Crippen LogP contribution in [0.4, 0.5) is 0 Å². The molecule has 124 valence electrons. The van der Waals surface area contributed by atoms with Crippen LogP contribution in [0.2, 0.25) is 0 Å². The number of aromatic hydroxyl groups is 2. The molecule has 0 radical (unpaired) electrons. The third-order valence-electron chi connectivity index (χ3n) is 3.13. The Hall–Kier alpha value is -3.35. The Morgan fingerprint density at radius 1 is 1.12 bits per heavy atom. The number of rotatable bonds is 5. The first kappa shape index (κ1) is 17.0. The van der Waals surface area contributed by atoms with Gasteiger partial charge in [0.2, 0.25) is 0 Å². The molecule has 0 heterocycles. The van der Waals surface area contributed by atoms with E-state index in [0.29, 0.717) is 11.1 Å². The van der Waals surface area contributed by atoms with Crippen LogP contribution in [0.25, 0.3) is 0 Å². The Bertz CT molecular complexity index is 770. The van der Waals surface area contributed by atoms with Crippen LogP contribution in [0.5, 0.6) is 11.5 Å². The number of amides is 2. The lowest BCUT2D eigenvalue weighted by Gasteiger charge is -2.04. The van der Waals surface area contributed by atoms with Crippen molar-refractivity contribution < 1.29 is 19.8 Å². The summed E-state index contributed by atoms with van der Waals surface area (Å²) in [4.78, 5) is 23.5. The van der Waals surface area contributed by atoms with Crippen LogP contribution in [0.15, 0.2) is 47.6 Å². The maximum absolute atomic E-state index is 11.8. The van der Waals surface area contributed by atoms with Gasteiger partial charge in [-0.3, -0.25) is 9.59 Å². The molecule has 0 aromatic heterocycles. The summed E-state index contributed by atoms with van der Waals surface area (Å²) in [6, 6.07) is 10.9. The normalized spacial score (nSPS) is 10.5. The van der Waals surface area contributed by atoms with Crippen molar-refractivity contribution in [2.24, 2.45) is 5.10 Å². The van der Waals surface area contributed by atoms with Crippen molar-refractivity contribution in [3.63, 3.8) is 0 Å². The van der Waals surface area contributed by atoms with Gasteiger partial charge in [0.1, 0.15) is 11.5 Å². The molecule has 2 amide bonds. The van der Waals surface area contributed by atoms with Crippen molar-refractivity contribution in [1.82, 2.24) is 10.7 Å². The summed E-state index contributed by atoms with van der Waals surface area (Å²) < 4.78 is 0. The number of benzene rings is 2. The minimum atomic E-state index is -0.509. The lowest BCUT2D eigenvalue weighted by molar-refractivity contribution is -0.120. The summed E-state index contributed by atoms with van der Waals surface area (Å²) >= 11 is 0. The van der Waals surface area contributed by atoms with Crippen LogP contribution < -0.4 is 10.7 Å². The zero-order valence-electron chi connectivity index (χ0n) is 13.0. The quantitative estimate of drug-likeness (QED) is 0.490. The van der Waals surface area contributed by atoms with Crippen molar-refractivity contribution in [2.45, 2.75) is 6.92 Å². The molecule has 0 saturated heterocycles. The number of nitrogens with zero attached hydrogens (tertiary/aromatic N) is 1. The highest BCUT2D eigenvalue weighted by molar-refractivity contribution is 5.96. The fraction of sp³-hybridized carbons (Fsp3) is 0.118. The highest BCUT2D eigenvalue weighted by Gasteiger charge is 2.07. The molecule has 0 aliphatic carbocycles. The van der Waals surface area contributed by atoms with E-state index in [1.807, 2.05) is 19.1 Å². The predicted molar refractivity (Wildman–Crippen MR) is 89.0 cm³/mol.